The van der Waals surface area contributed by atoms with Crippen LogP contribution in [-0.2, 0) is 16.4 Å². The molecular weight excluding hydrogens is 254 g/mol. The summed E-state index contributed by atoms with van der Waals surface area (Å²) in [5.74, 6) is 0.217. The Morgan fingerprint density at radius 2 is 2.24 bits per heavy atom. The lowest BCUT2D eigenvalue weighted by Crippen LogP contribution is -2.14. The first-order valence-electron chi connectivity index (χ1n) is 5.65. The highest BCUT2D eigenvalue weighted by Gasteiger charge is 2.22. The van der Waals surface area contributed by atoms with Crippen molar-refractivity contribution in [2.24, 2.45) is 5.14 Å². The van der Waals surface area contributed by atoms with Gasteiger partial charge in [-0.05, 0) is 41.7 Å². The van der Waals surface area contributed by atoms with E-state index in [-0.39, 0.29) is 5.92 Å². The molecule has 0 radical (unpaired) electrons. The Morgan fingerprint density at radius 1 is 1.59 bits per heavy atom. The number of allylic oxidation sites excluding steroid dienone is 1. The van der Waals surface area contributed by atoms with E-state index in [1.54, 1.807) is 0 Å². The van der Waals surface area contributed by atoms with Crippen LogP contribution in [0, 0.1) is 0 Å². The molecule has 1 atom stereocenters. The zero-order valence-corrected chi connectivity index (χ0v) is 11.9. The van der Waals surface area contributed by atoms with Crippen molar-refractivity contribution in [1.29, 1.82) is 0 Å². The van der Waals surface area contributed by atoms with Gasteiger partial charge in [0.05, 0.1) is 0 Å². The summed E-state index contributed by atoms with van der Waals surface area (Å²) in [5, 5.41) is 7.16. The molecule has 0 saturated carbocycles. The topological polar surface area (TPSA) is 60.2 Å². The fraction of sp³-hybridized carbons (Fsp3) is 0.500. The maximum atomic E-state index is 11.5. The second kappa shape index (κ2) is 5.80. The zero-order valence-electron chi connectivity index (χ0n) is 10.3. The number of hydrogen-bond donors (Lipinski definition) is 1. The van der Waals surface area contributed by atoms with Crippen molar-refractivity contribution in [3.63, 3.8) is 0 Å². The summed E-state index contributed by atoms with van der Waals surface area (Å²) in [7, 11) is -3.60. The molecule has 0 aliphatic heterocycles. The van der Waals surface area contributed by atoms with Gasteiger partial charge in [0.2, 0.25) is 10.0 Å². The summed E-state index contributed by atoms with van der Waals surface area (Å²) in [6, 6.07) is 0. The number of aryl methyl sites for hydroxylation is 1. The molecule has 0 fully saturated rings. The lowest BCUT2D eigenvalue weighted by Gasteiger charge is -2.12. The number of hydrogen-bond acceptors (Lipinski definition) is 3. The average Bonchev–Trinajstić information content (AvgIpc) is 2.68. The van der Waals surface area contributed by atoms with Crippen LogP contribution in [0.4, 0.5) is 0 Å². The molecule has 0 spiro atoms. The number of nitrogens with two attached hydrogens (primary N) is 1. The zero-order chi connectivity index (χ0) is 13.1. The summed E-state index contributed by atoms with van der Waals surface area (Å²) in [4.78, 5) is 0. The van der Waals surface area contributed by atoms with Crippen molar-refractivity contribution >= 4 is 21.4 Å². The van der Waals surface area contributed by atoms with Crippen LogP contribution in [0.3, 0.4) is 0 Å². The highest BCUT2D eigenvalue weighted by Crippen LogP contribution is 2.34. The molecule has 1 heterocycles. The van der Waals surface area contributed by atoms with Crippen LogP contribution < -0.4 is 5.14 Å². The highest BCUT2D eigenvalue weighted by molar-refractivity contribution is 7.91. The van der Waals surface area contributed by atoms with Gasteiger partial charge in [0.15, 0.2) is 0 Å². The molecular formula is C12H19NO2S2. The molecule has 5 heteroatoms. The molecule has 1 aromatic heterocycles. The smallest absolute Gasteiger partial charge is 0.224 e. The molecule has 1 rings (SSSR count). The quantitative estimate of drug-likeness (QED) is 0.810. The van der Waals surface area contributed by atoms with Gasteiger partial charge >= 0.3 is 0 Å². The van der Waals surface area contributed by atoms with Crippen molar-refractivity contribution in [2.45, 2.75) is 43.2 Å². The van der Waals surface area contributed by atoms with E-state index in [2.05, 4.69) is 6.58 Å². The van der Waals surface area contributed by atoms with Crippen LogP contribution in [0.15, 0.2) is 22.2 Å². The Bertz CT molecular complexity index is 489. The lowest BCUT2D eigenvalue weighted by molar-refractivity contribution is 0.596. The van der Waals surface area contributed by atoms with Crippen LogP contribution in [0.5, 0.6) is 0 Å². The normalized spacial score (nSPS) is 13.6. The van der Waals surface area contributed by atoms with Crippen LogP contribution in [0.25, 0.3) is 0 Å². The van der Waals surface area contributed by atoms with Gasteiger partial charge in [0.1, 0.15) is 4.21 Å². The van der Waals surface area contributed by atoms with Crippen molar-refractivity contribution in [3.8, 4) is 0 Å². The molecule has 96 valence electrons. The van der Waals surface area contributed by atoms with Gasteiger partial charge < -0.3 is 0 Å². The minimum atomic E-state index is -3.60. The van der Waals surface area contributed by atoms with E-state index < -0.39 is 10.0 Å². The second-order valence-corrected chi connectivity index (χ2v) is 6.78. The summed E-state index contributed by atoms with van der Waals surface area (Å²) < 4.78 is 23.4. The standard InChI is InChI=1S/C12H19NO2S2/c1-4-6-7-10-8-16-12(17(13,14)15)11(10)9(3)5-2/h4,8-9H,1,5-7H2,2-3H3,(H2,13,14,15). The Hall–Kier alpha value is -0.650. The molecule has 0 bridgehead atoms. The molecule has 1 aromatic rings. The Balaban J connectivity index is 3.24. The Labute approximate surface area is 107 Å². The van der Waals surface area contributed by atoms with E-state index in [1.807, 2.05) is 25.3 Å². The summed E-state index contributed by atoms with van der Waals surface area (Å²) in [5.41, 5.74) is 2.00. The third kappa shape index (κ3) is 3.40. The molecule has 2 N–H and O–H groups in total. The van der Waals surface area contributed by atoms with E-state index in [9.17, 15) is 8.42 Å². The predicted molar refractivity (Wildman–Crippen MR) is 72.9 cm³/mol. The molecule has 0 amide bonds. The van der Waals surface area contributed by atoms with Gasteiger partial charge in [-0.1, -0.05) is 19.9 Å². The number of sulfonamides is 1. The Kier molecular flexibility index (Phi) is 4.91. The fourth-order valence-electron chi connectivity index (χ4n) is 1.78. The van der Waals surface area contributed by atoms with Gasteiger partial charge in [0, 0.05) is 0 Å². The van der Waals surface area contributed by atoms with E-state index in [0.717, 1.165) is 30.4 Å². The number of primary sulfonamides is 1. The van der Waals surface area contributed by atoms with Gasteiger partial charge in [-0.25, -0.2) is 13.6 Å². The maximum absolute atomic E-state index is 11.5. The molecule has 17 heavy (non-hydrogen) atoms. The van der Waals surface area contributed by atoms with E-state index in [4.69, 9.17) is 5.14 Å². The van der Waals surface area contributed by atoms with Gasteiger partial charge in [0.25, 0.3) is 0 Å². The van der Waals surface area contributed by atoms with Crippen molar-refractivity contribution in [3.05, 3.63) is 29.2 Å². The predicted octanol–water partition coefficient (Wildman–Crippen LogP) is 3.03. The van der Waals surface area contributed by atoms with Gasteiger partial charge in [-0.15, -0.1) is 17.9 Å². The molecule has 0 saturated heterocycles. The maximum Gasteiger partial charge on any atom is 0.247 e. The molecule has 0 aromatic carbocycles. The summed E-state index contributed by atoms with van der Waals surface area (Å²) >= 11 is 1.23. The largest absolute Gasteiger partial charge is 0.247 e. The highest BCUT2D eigenvalue weighted by atomic mass is 32.2. The molecule has 3 nitrogen and oxygen atoms in total. The van der Waals surface area contributed by atoms with Crippen LogP contribution >= 0.6 is 11.3 Å². The second-order valence-electron chi connectivity index (χ2n) is 4.14. The molecule has 0 aliphatic rings. The number of rotatable bonds is 6. The minimum Gasteiger partial charge on any atom is -0.224 e. The van der Waals surface area contributed by atoms with Crippen molar-refractivity contribution < 1.29 is 8.42 Å². The first kappa shape index (κ1) is 14.4. The first-order valence-corrected chi connectivity index (χ1v) is 8.08. The fourth-order valence-corrected chi connectivity index (χ4v) is 4.05. The minimum absolute atomic E-state index is 0.217. The van der Waals surface area contributed by atoms with E-state index >= 15 is 0 Å². The third-order valence-corrected chi connectivity index (χ3v) is 5.41. The lowest BCUT2D eigenvalue weighted by atomic mass is 9.95. The van der Waals surface area contributed by atoms with E-state index in [0.29, 0.717) is 4.21 Å². The molecule has 1 unspecified atom stereocenters. The van der Waals surface area contributed by atoms with Gasteiger partial charge in [-0.3, -0.25) is 0 Å². The van der Waals surface area contributed by atoms with Gasteiger partial charge in [-0.2, -0.15) is 0 Å². The van der Waals surface area contributed by atoms with Crippen molar-refractivity contribution in [1.82, 2.24) is 0 Å². The summed E-state index contributed by atoms with van der Waals surface area (Å²) in [6.07, 6.45) is 4.43. The summed E-state index contributed by atoms with van der Waals surface area (Å²) in [6.45, 7) is 7.77. The Morgan fingerprint density at radius 3 is 2.71 bits per heavy atom. The monoisotopic (exact) mass is 273 g/mol. The number of thiophene rings is 1. The first-order chi connectivity index (χ1) is 7.91. The van der Waals surface area contributed by atoms with Crippen LogP contribution in [0.1, 0.15) is 43.7 Å². The van der Waals surface area contributed by atoms with Crippen LogP contribution in [0.2, 0.25) is 0 Å². The van der Waals surface area contributed by atoms with Crippen molar-refractivity contribution in [2.75, 3.05) is 0 Å². The third-order valence-electron chi connectivity index (χ3n) is 2.86. The van der Waals surface area contributed by atoms with E-state index in [1.165, 1.54) is 11.3 Å². The van der Waals surface area contributed by atoms with Crippen LogP contribution in [-0.4, -0.2) is 8.42 Å². The SMILES string of the molecule is C=CCCc1csc(S(N)(=O)=O)c1C(C)CC. The average molecular weight is 273 g/mol. The molecule has 0 aliphatic carbocycles.